The zero-order chi connectivity index (χ0) is 19.8. The minimum atomic E-state index is -2.96. The lowest BCUT2D eigenvalue weighted by Crippen LogP contribution is -2.30. The van der Waals surface area contributed by atoms with Gasteiger partial charge in [0, 0.05) is 25.1 Å². The van der Waals surface area contributed by atoms with E-state index in [0.717, 1.165) is 11.8 Å². The third-order valence-corrected chi connectivity index (χ3v) is 4.90. The first-order chi connectivity index (χ1) is 12.9. The van der Waals surface area contributed by atoms with Crippen molar-refractivity contribution in [1.82, 2.24) is 10.2 Å². The Bertz CT molecular complexity index is 769. The van der Waals surface area contributed by atoms with E-state index in [-0.39, 0.29) is 24.0 Å². The number of benzene rings is 1. The van der Waals surface area contributed by atoms with Gasteiger partial charge in [0.05, 0.1) is 4.91 Å². The third kappa shape index (κ3) is 6.14. The highest BCUT2D eigenvalue weighted by atomic mass is 32.2. The second-order valence-corrected chi connectivity index (χ2v) is 7.12. The summed E-state index contributed by atoms with van der Waals surface area (Å²) in [5.74, 6) is -0.464. The molecule has 2 amide bonds. The summed E-state index contributed by atoms with van der Waals surface area (Å²) in [6.07, 6.45) is 3.77. The number of nitrogens with one attached hydrogen (secondary N) is 1. The number of para-hydroxylation sites is 1. The van der Waals surface area contributed by atoms with Crippen molar-refractivity contribution in [2.75, 3.05) is 13.1 Å². The summed E-state index contributed by atoms with van der Waals surface area (Å²) in [5.41, 5.74) is 0.363. The molecule has 9 heteroatoms. The molecule has 1 N–H and O–H groups in total. The Morgan fingerprint density at radius 1 is 1.41 bits per heavy atom. The summed E-state index contributed by atoms with van der Waals surface area (Å²) in [4.78, 5) is 25.9. The molecule has 0 spiro atoms. The Morgan fingerprint density at radius 2 is 2.15 bits per heavy atom. The van der Waals surface area contributed by atoms with Crippen LogP contribution in [-0.2, 0) is 9.59 Å². The first-order valence-corrected chi connectivity index (χ1v) is 9.31. The molecule has 0 radical (unpaired) electrons. The lowest BCUT2D eigenvalue weighted by Gasteiger charge is -2.14. The van der Waals surface area contributed by atoms with Crippen LogP contribution in [0.4, 0.5) is 8.78 Å². The molecule has 0 unspecified atom stereocenters. The first kappa shape index (κ1) is 21.0. The third-order valence-electron chi connectivity index (χ3n) is 3.52. The first-order valence-electron chi connectivity index (χ1n) is 8.09. The van der Waals surface area contributed by atoms with E-state index >= 15 is 0 Å². The molecule has 1 aromatic rings. The maximum absolute atomic E-state index is 12.5. The quantitative estimate of drug-likeness (QED) is 0.382. The van der Waals surface area contributed by atoms with E-state index in [0.29, 0.717) is 34.3 Å². The molecule has 144 valence electrons. The number of nitrogens with zero attached hydrogens (tertiary/aromatic N) is 1. The van der Waals surface area contributed by atoms with E-state index in [2.05, 4.69) is 16.6 Å². The van der Waals surface area contributed by atoms with Crippen LogP contribution in [0, 0.1) is 0 Å². The highest BCUT2D eigenvalue weighted by Crippen LogP contribution is 2.34. The molecular weight excluding hydrogens is 394 g/mol. The van der Waals surface area contributed by atoms with Gasteiger partial charge in [0.2, 0.25) is 5.91 Å². The number of amides is 2. The molecule has 0 atom stereocenters. The number of hydrogen-bond donors (Lipinski definition) is 1. The number of hydrogen-bond acceptors (Lipinski definition) is 5. The van der Waals surface area contributed by atoms with Crippen LogP contribution >= 0.6 is 24.0 Å². The summed E-state index contributed by atoms with van der Waals surface area (Å²) >= 11 is 6.31. The van der Waals surface area contributed by atoms with Crippen molar-refractivity contribution >= 4 is 46.2 Å². The molecule has 5 nitrogen and oxygen atoms in total. The van der Waals surface area contributed by atoms with Crippen molar-refractivity contribution in [3.8, 4) is 5.75 Å². The van der Waals surface area contributed by atoms with Crippen molar-refractivity contribution in [3.05, 3.63) is 47.4 Å². The van der Waals surface area contributed by atoms with E-state index in [1.807, 2.05) is 0 Å². The van der Waals surface area contributed by atoms with Crippen molar-refractivity contribution in [2.24, 2.45) is 0 Å². The van der Waals surface area contributed by atoms with E-state index in [1.165, 1.54) is 17.0 Å². The number of carbonyl (C=O) groups excluding carboxylic acids is 2. The summed E-state index contributed by atoms with van der Waals surface area (Å²) < 4.78 is 29.9. The fraction of sp³-hybridized carbons (Fsp3) is 0.278. The molecular formula is C18H18F2N2O3S2. The lowest BCUT2D eigenvalue weighted by atomic mass is 10.2. The number of carbonyl (C=O) groups is 2. The monoisotopic (exact) mass is 412 g/mol. The Labute approximate surface area is 165 Å². The second-order valence-electron chi connectivity index (χ2n) is 5.45. The summed E-state index contributed by atoms with van der Waals surface area (Å²) in [6, 6.07) is 6.21. The van der Waals surface area contributed by atoms with Crippen molar-refractivity contribution < 1.29 is 23.1 Å². The predicted octanol–water partition coefficient (Wildman–Crippen LogP) is 3.57. The molecule has 1 aliphatic rings. The van der Waals surface area contributed by atoms with Gasteiger partial charge in [-0.2, -0.15) is 8.78 Å². The highest BCUT2D eigenvalue weighted by molar-refractivity contribution is 8.26. The normalized spacial score (nSPS) is 15.5. The minimum absolute atomic E-state index is 0.0170. The van der Waals surface area contributed by atoms with Crippen LogP contribution in [0.3, 0.4) is 0 Å². The number of halogens is 2. The van der Waals surface area contributed by atoms with Gasteiger partial charge in [0.1, 0.15) is 10.1 Å². The smallest absolute Gasteiger partial charge is 0.387 e. The van der Waals surface area contributed by atoms with Gasteiger partial charge in [-0.3, -0.25) is 14.5 Å². The zero-order valence-electron chi connectivity index (χ0n) is 14.3. The highest BCUT2D eigenvalue weighted by Gasteiger charge is 2.31. The van der Waals surface area contributed by atoms with E-state index in [9.17, 15) is 18.4 Å². The molecule has 0 aliphatic carbocycles. The number of rotatable bonds is 9. The Balaban J connectivity index is 2.02. The summed E-state index contributed by atoms with van der Waals surface area (Å²) in [6.45, 7) is 1.25. The SMILES string of the molecule is C=CCNC(=O)CCCN1C(=O)/C(=C\c2ccccc2OC(F)F)SC1=S. The number of thiocarbonyl (C=S) groups is 1. The fourth-order valence-corrected chi connectivity index (χ4v) is 3.61. The molecule has 1 heterocycles. The lowest BCUT2D eigenvalue weighted by molar-refractivity contribution is -0.123. The number of alkyl halides is 2. The van der Waals surface area contributed by atoms with E-state index in [1.54, 1.807) is 24.3 Å². The molecule has 27 heavy (non-hydrogen) atoms. The van der Waals surface area contributed by atoms with Gasteiger partial charge < -0.3 is 10.1 Å². The molecule has 0 bridgehead atoms. The maximum Gasteiger partial charge on any atom is 0.387 e. The summed E-state index contributed by atoms with van der Waals surface area (Å²) in [5, 5.41) is 2.66. The van der Waals surface area contributed by atoms with Crippen LogP contribution in [0.2, 0.25) is 0 Å². The maximum atomic E-state index is 12.5. The van der Waals surface area contributed by atoms with Gasteiger partial charge in [-0.15, -0.1) is 6.58 Å². The van der Waals surface area contributed by atoms with Crippen LogP contribution in [0.1, 0.15) is 18.4 Å². The summed E-state index contributed by atoms with van der Waals surface area (Å²) in [7, 11) is 0. The van der Waals surface area contributed by atoms with Gasteiger partial charge in [-0.25, -0.2) is 0 Å². The Hall–Kier alpha value is -2.26. The molecule has 0 aromatic heterocycles. The average molecular weight is 412 g/mol. The van der Waals surface area contributed by atoms with Crippen molar-refractivity contribution in [2.45, 2.75) is 19.5 Å². The van der Waals surface area contributed by atoms with E-state index < -0.39 is 6.61 Å². The average Bonchev–Trinajstić information content (AvgIpc) is 2.88. The molecule has 1 fully saturated rings. The Morgan fingerprint density at radius 3 is 2.85 bits per heavy atom. The van der Waals surface area contributed by atoms with E-state index in [4.69, 9.17) is 12.2 Å². The zero-order valence-corrected chi connectivity index (χ0v) is 16.0. The molecule has 1 aliphatic heterocycles. The largest absolute Gasteiger partial charge is 0.434 e. The van der Waals surface area contributed by atoms with Crippen molar-refractivity contribution in [1.29, 1.82) is 0 Å². The van der Waals surface area contributed by atoms with Crippen LogP contribution in [0.5, 0.6) is 5.75 Å². The topological polar surface area (TPSA) is 58.6 Å². The van der Waals surface area contributed by atoms with Crippen LogP contribution in [0.15, 0.2) is 41.8 Å². The number of thioether (sulfide) groups is 1. The minimum Gasteiger partial charge on any atom is -0.434 e. The van der Waals surface area contributed by atoms with Crippen molar-refractivity contribution in [3.63, 3.8) is 0 Å². The van der Waals surface area contributed by atoms with Gasteiger partial charge in [0.25, 0.3) is 5.91 Å². The predicted molar refractivity (Wildman–Crippen MR) is 105 cm³/mol. The van der Waals surface area contributed by atoms with Gasteiger partial charge in [0.15, 0.2) is 0 Å². The Kier molecular flexibility index (Phi) is 7.93. The standard InChI is InChI=1S/C18H18F2N2O3S2/c1-2-9-21-15(23)8-5-10-22-16(24)14(27-18(22)26)11-12-6-3-4-7-13(12)25-17(19)20/h2-4,6-7,11,17H,1,5,8-10H2,(H,21,23)/b14-11+. The number of ether oxygens (including phenoxy) is 1. The van der Waals surface area contributed by atoms with Crippen LogP contribution in [0.25, 0.3) is 6.08 Å². The second kappa shape index (κ2) is 10.2. The molecule has 1 saturated heterocycles. The molecule has 2 rings (SSSR count). The van der Waals surface area contributed by atoms with Gasteiger partial charge in [-0.1, -0.05) is 48.3 Å². The van der Waals surface area contributed by atoms with Gasteiger partial charge >= 0.3 is 6.61 Å². The fourth-order valence-electron chi connectivity index (χ4n) is 2.31. The van der Waals surface area contributed by atoms with Gasteiger partial charge in [-0.05, 0) is 18.6 Å². The molecule has 1 aromatic carbocycles. The van der Waals surface area contributed by atoms with Crippen LogP contribution in [-0.4, -0.2) is 40.7 Å². The molecule has 0 saturated carbocycles. The van der Waals surface area contributed by atoms with Crippen LogP contribution < -0.4 is 10.1 Å².